The van der Waals surface area contributed by atoms with Crippen molar-refractivity contribution in [3.63, 3.8) is 0 Å². The van der Waals surface area contributed by atoms with Crippen LogP contribution in [0.3, 0.4) is 0 Å². The predicted molar refractivity (Wildman–Crippen MR) is 124 cm³/mol. The van der Waals surface area contributed by atoms with E-state index in [-0.39, 0.29) is 30.2 Å². The van der Waals surface area contributed by atoms with Crippen molar-refractivity contribution < 1.29 is 28.6 Å². The minimum Gasteiger partial charge on any atom is -0.478 e. The lowest BCUT2D eigenvalue weighted by Gasteiger charge is -2.19. The Bertz CT molecular complexity index is 1210. The number of hydrogen-bond acceptors (Lipinski definition) is 4. The summed E-state index contributed by atoms with van der Waals surface area (Å²) in [5.74, 6) is -2.81. The maximum atomic E-state index is 13.6. The van der Waals surface area contributed by atoms with Gasteiger partial charge in [0, 0.05) is 5.92 Å². The third kappa shape index (κ3) is 4.61. The van der Waals surface area contributed by atoms with Crippen LogP contribution in [-0.4, -0.2) is 35.7 Å². The second-order valence-electron chi connectivity index (χ2n) is 7.92. The summed E-state index contributed by atoms with van der Waals surface area (Å²) in [6.07, 6.45) is -0.560. The van der Waals surface area contributed by atoms with E-state index < -0.39 is 29.8 Å². The molecule has 0 radical (unpaired) electrons. The minimum absolute atomic E-state index is 0.0883. The van der Waals surface area contributed by atoms with E-state index in [0.717, 1.165) is 40.5 Å². The molecule has 1 atom stereocenters. The number of benzene rings is 3. The van der Waals surface area contributed by atoms with Gasteiger partial charge in [0.05, 0.1) is 11.3 Å². The van der Waals surface area contributed by atoms with Crippen molar-refractivity contribution in [3.05, 3.63) is 89.2 Å². The Kier molecular flexibility index (Phi) is 6.58. The maximum Gasteiger partial charge on any atom is 0.407 e. The zero-order valence-corrected chi connectivity index (χ0v) is 18.4. The zero-order valence-electron chi connectivity index (χ0n) is 18.4. The lowest BCUT2D eigenvalue weighted by Crippen LogP contribution is -2.44. The topological polar surface area (TPSA) is 105 Å². The second-order valence-corrected chi connectivity index (χ2v) is 7.92. The van der Waals surface area contributed by atoms with Crippen LogP contribution in [0.5, 0.6) is 0 Å². The molecule has 0 heterocycles. The highest BCUT2D eigenvalue weighted by Crippen LogP contribution is 2.44. The second kappa shape index (κ2) is 9.74. The minimum atomic E-state index is -1.31. The number of fused-ring (bicyclic) bond motifs is 3. The van der Waals surface area contributed by atoms with Gasteiger partial charge in [0.15, 0.2) is 0 Å². The molecule has 34 heavy (non-hydrogen) atoms. The lowest BCUT2D eigenvalue weighted by molar-refractivity contribution is -0.118. The number of carboxylic acid groups (broad SMARTS) is 1. The normalized spacial score (nSPS) is 12.9. The summed E-state index contributed by atoms with van der Waals surface area (Å²) in [4.78, 5) is 36.5. The summed E-state index contributed by atoms with van der Waals surface area (Å²) >= 11 is 0. The number of rotatable bonds is 7. The molecule has 3 N–H and O–H groups in total. The summed E-state index contributed by atoms with van der Waals surface area (Å²) < 4.78 is 19.0. The molecule has 0 fully saturated rings. The average molecular weight is 462 g/mol. The molecule has 0 saturated carbocycles. The number of carbonyl (C=O) groups excluding carboxylic acids is 2. The van der Waals surface area contributed by atoms with Crippen LogP contribution in [0.15, 0.2) is 66.7 Å². The van der Waals surface area contributed by atoms with Crippen LogP contribution in [-0.2, 0) is 9.53 Å². The number of ether oxygens (including phenoxy) is 1. The van der Waals surface area contributed by atoms with Gasteiger partial charge in [-0.3, -0.25) is 4.79 Å². The molecular weight excluding hydrogens is 439 g/mol. The van der Waals surface area contributed by atoms with Gasteiger partial charge in [0.1, 0.15) is 18.5 Å². The first-order valence-corrected chi connectivity index (χ1v) is 10.8. The molecule has 1 unspecified atom stereocenters. The first kappa shape index (κ1) is 23.0. The summed E-state index contributed by atoms with van der Waals surface area (Å²) in [6, 6.07) is 17.8. The molecule has 0 aliphatic heterocycles. The Labute approximate surface area is 195 Å². The molecule has 7 nitrogen and oxygen atoms in total. The number of aromatic carboxylic acids is 1. The van der Waals surface area contributed by atoms with Gasteiger partial charge in [0.25, 0.3) is 0 Å². The lowest BCUT2D eigenvalue weighted by atomic mass is 9.98. The number of carboxylic acids is 1. The number of halogens is 1. The summed E-state index contributed by atoms with van der Waals surface area (Å²) in [6.45, 7) is 1.77. The van der Waals surface area contributed by atoms with Crippen molar-refractivity contribution in [3.8, 4) is 11.1 Å². The summed E-state index contributed by atoms with van der Waals surface area (Å²) in [7, 11) is 0. The fraction of sp³-hybridized carbons (Fsp3) is 0.192. The van der Waals surface area contributed by atoms with E-state index >= 15 is 0 Å². The van der Waals surface area contributed by atoms with Crippen LogP contribution in [0.2, 0.25) is 0 Å². The molecule has 1 aliphatic carbocycles. The molecular formula is C26H23FN2O5. The van der Waals surface area contributed by atoms with E-state index in [2.05, 4.69) is 10.6 Å². The fourth-order valence-corrected chi connectivity index (χ4v) is 4.16. The molecule has 0 saturated heterocycles. The molecule has 0 spiro atoms. The molecule has 0 aromatic heterocycles. The van der Waals surface area contributed by atoms with Gasteiger partial charge in [-0.05, 0) is 46.9 Å². The zero-order chi connectivity index (χ0) is 24.2. The van der Waals surface area contributed by atoms with E-state index in [1.807, 2.05) is 48.5 Å². The quantitative estimate of drug-likeness (QED) is 0.469. The molecule has 174 valence electrons. The van der Waals surface area contributed by atoms with Crippen LogP contribution in [0.4, 0.5) is 14.9 Å². The largest absolute Gasteiger partial charge is 0.478 e. The predicted octanol–water partition coefficient (Wildman–Crippen LogP) is 4.78. The summed E-state index contributed by atoms with van der Waals surface area (Å²) in [5.41, 5.74) is 3.88. The third-order valence-corrected chi connectivity index (χ3v) is 5.83. The van der Waals surface area contributed by atoms with E-state index in [0.29, 0.717) is 0 Å². The van der Waals surface area contributed by atoms with Gasteiger partial charge in [-0.25, -0.2) is 14.0 Å². The standard InChI is InChI=1S/C26H23FN2O5/c1-2-22(24(30)28-23-13-15(27)11-12-20(23)25(31)32)29-26(33)34-14-21-18-9-5-3-7-16(18)17-8-4-6-10-19(17)21/h3-13,21-22H,2,14H2,1H3,(H,28,30)(H,29,33)(H,31,32). The van der Waals surface area contributed by atoms with Crippen molar-refractivity contribution in [2.75, 3.05) is 11.9 Å². The first-order chi connectivity index (χ1) is 16.4. The maximum absolute atomic E-state index is 13.6. The van der Waals surface area contributed by atoms with Gasteiger partial charge >= 0.3 is 12.1 Å². The van der Waals surface area contributed by atoms with Crippen molar-refractivity contribution in [2.45, 2.75) is 25.3 Å². The molecule has 2 amide bonds. The molecule has 8 heteroatoms. The third-order valence-electron chi connectivity index (χ3n) is 5.83. The van der Waals surface area contributed by atoms with E-state index in [4.69, 9.17) is 4.74 Å². The van der Waals surface area contributed by atoms with Crippen LogP contribution in [0, 0.1) is 5.82 Å². The van der Waals surface area contributed by atoms with Gasteiger partial charge in [-0.15, -0.1) is 0 Å². The average Bonchev–Trinajstić information content (AvgIpc) is 3.14. The summed E-state index contributed by atoms with van der Waals surface area (Å²) in [5, 5.41) is 14.2. The highest BCUT2D eigenvalue weighted by molar-refractivity contribution is 6.02. The van der Waals surface area contributed by atoms with E-state index in [9.17, 15) is 23.9 Å². The smallest absolute Gasteiger partial charge is 0.407 e. The van der Waals surface area contributed by atoms with Gasteiger partial charge < -0.3 is 20.5 Å². The Balaban J connectivity index is 1.41. The number of carbonyl (C=O) groups is 3. The number of anilines is 1. The Hall–Kier alpha value is -4.20. The first-order valence-electron chi connectivity index (χ1n) is 10.8. The Morgan fingerprint density at radius 1 is 1.00 bits per heavy atom. The van der Waals surface area contributed by atoms with Crippen molar-refractivity contribution in [1.82, 2.24) is 5.32 Å². The van der Waals surface area contributed by atoms with Crippen LogP contribution in [0.1, 0.15) is 40.7 Å². The van der Waals surface area contributed by atoms with Gasteiger partial charge in [-0.1, -0.05) is 55.5 Å². The van der Waals surface area contributed by atoms with Gasteiger partial charge in [-0.2, -0.15) is 0 Å². The monoisotopic (exact) mass is 462 g/mol. The number of hydrogen-bond donors (Lipinski definition) is 3. The van der Waals surface area contributed by atoms with Gasteiger partial charge in [0.2, 0.25) is 5.91 Å². The molecule has 3 aromatic rings. The number of alkyl carbamates (subject to hydrolysis) is 1. The molecule has 4 rings (SSSR count). The van der Waals surface area contributed by atoms with E-state index in [1.165, 1.54) is 0 Å². The molecule has 3 aromatic carbocycles. The SMILES string of the molecule is CCC(NC(=O)OCC1c2ccccc2-c2ccccc21)C(=O)Nc1cc(F)ccc1C(=O)O. The van der Waals surface area contributed by atoms with Crippen molar-refractivity contribution >= 4 is 23.7 Å². The Morgan fingerprint density at radius 2 is 1.62 bits per heavy atom. The number of nitrogens with one attached hydrogen (secondary N) is 2. The van der Waals surface area contributed by atoms with E-state index in [1.54, 1.807) is 6.92 Å². The molecule has 1 aliphatic rings. The van der Waals surface area contributed by atoms with Crippen LogP contribution < -0.4 is 10.6 Å². The number of amides is 2. The highest BCUT2D eigenvalue weighted by Gasteiger charge is 2.29. The van der Waals surface area contributed by atoms with Crippen molar-refractivity contribution in [1.29, 1.82) is 0 Å². The highest BCUT2D eigenvalue weighted by atomic mass is 19.1. The van der Waals surface area contributed by atoms with Crippen LogP contribution in [0.25, 0.3) is 11.1 Å². The van der Waals surface area contributed by atoms with Crippen LogP contribution >= 0.6 is 0 Å². The van der Waals surface area contributed by atoms with Crippen molar-refractivity contribution in [2.24, 2.45) is 0 Å². The Morgan fingerprint density at radius 3 is 2.21 bits per heavy atom. The molecule has 0 bridgehead atoms. The fourth-order valence-electron chi connectivity index (χ4n) is 4.16.